The van der Waals surface area contributed by atoms with Gasteiger partial charge >= 0.3 is 0 Å². The standard InChI is InChI=1S/C18H18ClN2.HI/c1-20(2)16-8-4-13(5-9-16)17-10-6-14-12-15(19)7-11-18(14)21(17)3;/h4-12H,1-3H3;1H/q+1;/p-1. The Labute approximate surface area is 153 Å². The highest BCUT2D eigenvalue weighted by Gasteiger charge is 2.14. The van der Waals surface area contributed by atoms with E-state index in [0.29, 0.717) is 0 Å². The molecular formula is C18H18ClIN2. The van der Waals surface area contributed by atoms with Crippen molar-refractivity contribution in [2.45, 2.75) is 0 Å². The van der Waals surface area contributed by atoms with Gasteiger partial charge < -0.3 is 28.9 Å². The molecule has 114 valence electrons. The van der Waals surface area contributed by atoms with Crippen LogP contribution in [0.4, 0.5) is 5.69 Å². The molecule has 2 aromatic carbocycles. The minimum atomic E-state index is 0. The smallest absolute Gasteiger partial charge is 0.212 e. The summed E-state index contributed by atoms with van der Waals surface area (Å²) in [5, 5.41) is 1.92. The van der Waals surface area contributed by atoms with Crippen LogP contribution in [0.3, 0.4) is 0 Å². The van der Waals surface area contributed by atoms with E-state index in [0.717, 1.165) is 10.4 Å². The van der Waals surface area contributed by atoms with E-state index in [1.165, 1.54) is 22.5 Å². The third-order valence-electron chi connectivity index (χ3n) is 3.81. The lowest BCUT2D eigenvalue weighted by molar-refractivity contribution is -0.633. The van der Waals surface area contributed by atoms with E-state index in [9.17, 15) is 0 Å². The first-order chi connectivity index (χ1) is 10.1. The summed E-state index contributed by atoms with van der Waals surface area (Å²) in [5.74, 6) is 0. The summed E-state index contributed by atoms with van der Waals surface area (Å²) in [6.07, 6.45) is 0. The van der Waals surface area contributed by atoms with Crippen LogP contribution in [-0.4, -0.2) is 14.1 Å². The maximum atomic E-state index is 6.06. The van der Waals surface area contributed by atoms with Crippen LogP contribution in [-0.2, 0) is 7.05 Å². The number of nitrogens with zero attached hydrogens (tertiary/aromatic N) is 2. The maximum Gasteiger partial charge on any atom is 0.212 e. The highest BCUT2D eigenvalue weighted by Crippen LogP contribution is 2.23. The zero-order chi connectivity index (χ0) is 15.0. The molecule has 0 unspecified atom stereocenters. The van der Waals surface area contributed by atoms with Gasteiger partial charge in [-0.3, -0.25) is 0 Å². The second-order valence-corrected chi connectivity index (χ2v) is 5.86. The van der Waals surface area contributed by atoms with Crippen LogP contribution >= 0.6 is 11.6 Å². The van der Waals surface area contributed by atoms with Gasteiger partial charge in [-0.05, 0) is 42.5 Å². The molecule has 3 aromatic rings. The highest BCUT2D eigenvalue weighted by molar-refractivity contribution is 6.31. The summed E-state index contributed by atoms with van der Waals surface area (Å²) >= 11 is 6.06. The van der Waals surface area contributed by atoms with Crippen LogP contribution < -0.4 is 33.4 Å². The highest BCUT2D eigenvalue weighted by atomic mass is 127. The van der Waals surface area contributed by atoms with Gasteiger partial charge in [0.2, 0.25) is 11.2 Å². The van der Waals surface area contributed by atoms with E-state index in [1.807, 2.05) is 12.1 Å². The Kier molecular flexibility index (Phi) is 5.29. The third kappa shape index (κ3) is 3.20. The first-order valence-electron chi connectivity index (χ1n) is 6.92. The minimum Gasteiger partial charge on any atom is -1.00 e. The fraction of sp³-hybridized carbons (Fsp3) is 0.167. The Balaban J connectivity index is 0.00000176. The first kappa shape index (κ1) is 17.0. The number of benzene rings is 2. The van der Waals surface area contributed by atoms with Crippen molar-refractivity contribution in [1.82, 2.24) is 0 Å². The molecule has 22 heavy (non-hydrogen) atoms. The van der Waals surface area contributed by atoms with Crippen molar-refractivity contribution in [3.8, 4) is 11.3 Å². The SMILES string of the molecule is CN(C)c1ccc(-c2ccc3cc(Cl)ccc3[n+]2C)cc1.[I-]. The van der Waals surface area contributed by atoms with E-state index in [2.05, 4.69) is 73.1 Å². The molecule has 0 aliphatic heterocycles. The van der Waals surface area contributed by atoms with Gasteiger partial charge in [-0.25, -0.2) is 0 Å². The molecule has 0 saturated carbocycles. The van der Waals surface area contributed by atoms with Gasteiger partial charge in [0.15, 0.2) is 0 Å². The van der Waals surface area contributed by atoms with Gasteiger partial charge in [0, 0.05) is 47.9 Å². The van der Waals surface area contributed by atoms with Crippen molar-refractivity contribution < 1.29 is 28.5 Å². The molecule has 2 nitrogen and oxygen atoms in total. The largest absolute Gasteiger partial charge is 1.00 e. The lowest BCUT2D eigenvalue weighted by Gasteiger charge is -2.12. The second-order valence-electron chi connectivity index (χ2n) is 5.42. The Morgan fingerprint density at radius 1 is 0.909 bits per heavy atom. The predicted octanol–water partition coefficient (Wildman–Crippen LogP) is 1.05. The number of aryl methyl sites for hydroxylation is 1. The Morgan fingerprint density at radius 2 is 1.59 bits per heavy atom. The number of hydrogen-bond donors (Lipinski definition) is 0. The molecule has 3 rings (SSSR count). The average molecular weight is 425 g/mol. The summed E-state index contributed by atoms with van der Waals surface area (Å²) in [7, 11) is 6.19. The summed E-state index contributed by atoms with van der Waals surface area (Å²) in [5.41, 5.74) is 4.78. The van der Waals surface area contributed by atoms with Crippen molar-refractivity contribution in [3.63, 3.8) is 0 Å². The molecule has 1 aromatic heterocycles. The topological polar surface area (TPSA) is 7.12 Å². The van der Waals surface area contributed by atoms with Crippen molar-refractivity contribution in [3.05, 3.63) is 59.6 Å². The molecule has 4 heteroatoms. The van der Waals surface area contributed by atoms with E-state index < -0.39 is 0 Å². The molecule has 0 aliphatic carbocycles. The van der Waals surface area contributed by atoms with Crippen LogP contribution in [0.5, 0.6) is 0 Å². The van der Waals surface area contributed by atoms with Gasteiger partial charge in [0.1, 0.15) is 7.05 Å². The number of aromatic nitrogens is 1. The Morgan fingerprint density at radius 3 is 2.23 bits per heavy atom. The van der Waals surface area contributed by atoms with Crippen LogP contribution in [0.15, 0.2) is 54.6 Å². The van der Waals surface area contributed by atoms with Gasteiger partial charge in [-0.2, -0.15) is 4.57 Å². The fourth-order valence-corrected chi connectivity index (χ4v) is 2.78. The number of fused-ring (bicyclic) bond motifs is 1. The molecule has 1 heterocycles. The van der Waals surface area contributed by atoms with Crippen molar-refractivity contribution >= 4 is 28.2 Å². The average Bonchev–Trinajstić information content (AvgIpc) is 2.47. The molecule has 0 spiro atoms. The molecule has 0 radical (unpaired) electrons. The van der Waals surface area contributed by atoms with Gasteiger partial charge in [0.25, 0.3) is 0 Å². The lowest BCUT2D eigenvalue weighted by Crippen LogP contribution is -3.00. The summed E-state index contributed by atoms with van der Waals surface area (Å²) in [6.45, 7) is 0. The van der Waals surface area contributed by atoms with E-state index in [4.69, 9.17) is 11.6 Å². The van der Waals surface area contributed by atoms with Gasteiger partial charge in [0.05, 0.1) is 0 Å². The number of rotatable bonds is 2. The quantitative estimate of drug-likeness (QED) is 0.441. The monoisotopic (exact) mass is 424 g/mol. The maximum absolute atomic E-state index is 6.06. The van der Waals surface area contributed by atoms with Gasteiger partial charge in [-0.15, -0.1) is 0 Å². The number of pyridine rings is 1. The minimum absolute atomic E-state index is 0. The zero-order valence-corrected chi connectivity index (χ0v) is 15.8. The number of hydrogen-bond acceptors (Lipinski definition) is 1. The summed E-state index contributed by atoms with van der Waals surface area (Å²) in [4.78, 5) is 2.10. The summed E-state index contributed by atoms with van der Waals surface area (Å²) in [6, 6.07) is 18.9. The normalized spacial score (nSPS) is 10.4. The molecule has 0 bridgehead atoms. The fourth-order valence-electron chi connectivity index (χ4n) is 2.59. The van der Waals surface area contributed by atoms with Crippen molar-refractivity contribution in [2.75, 3.05) is 19.0 Å². The molecular weight excluding hydrogens is 407 g/mol. The van der Waals surface area contributed by atoms with Gasteiger partial charge in [-0.1, -0.05) is 11.6 Å². The molecule has 0 N–H and O–H groups in total. The van der Waals surface area contributed by atoms with Crippen molar-refractivity contribution in [1.29, 1.82) is 0 Å². The number of halogens is 2. The number of anilines is 1. The van der Waals surface area contributed by atoms with Crippen LogP contribution in [0.2, 0.25) is 5.02 Å². The zero-order valence-electron chi connectivity index (χ0n) is 12.8. The van der Waals surface area contributed by atoms with E-state index in [-0.39, 0.29) is 24.0 Å². The molecule has 0 atom stereocenters. The third-order valence-corrected chi connectivity index (χ3v) is 4.05. The summed E-state index contributed by atoms with van der Waals surface area (Å²) < 4.78 is 2.20. The Hall–Kier alpha value is -1.33. The lowest BCUT2D eigenvalue weighted by atomic mass is 10.1. The molecule has 0 amide bonds. The second kappa shape index (κ2) is 6.84. The Bertz CT molecular complexity index is 798. The van der Waals surface area contributed by atoms with E-state index in [1.54, 1.807) is 0 Å². The molecule has 0 aliphatic rings. The van der Waals surface area contributed by atoms with Crippen LogP contribution in [0, 0.1) is 0 Å². The predicted molar refractivity (Wildman–Crippen MR) is 89.9 cm³/mol. The van der Waals surface area contributed by atoms with Crippen LogP contribution in [0.25, 0.3) is 22.2 Å². The first-order valence-corrected chi connectivity index (χ1v) is 7.30. The van der Waals surface area contributed by atoms with Crippen LogP contribution in [0.1, 0.15) is 0 Å². The van der Waals surface area contributed by atoms with Crippen molar-refractivity contribution in [2.24, 2.45) is 7.05 Å². The molecule has 0 saturated heterocycles. The molecule has 0 fully saturated rings. The van der Waals surface area contributed by atoms with E-state index >= 15 is 0 Å².